The van der Waals surface area contributed by atoms with Crippen LogP contribution in [0, 0.1) is 13.8 Å². The third-order valence-electron chi connectivity index (χ3n) is 4.48. The molecule has 2 rings (SSSR count). The zero-order chi connectivity index (χ0) is 16.7. The molecule has 1 N–H and O–H groups in total. The zero-order valence-corrected chi connectivity index (χ0v) is 14.7. The summed E-state index contributed by atoms with van der Waals surface area (Å²) < 4.78 is 5.85. The predicted octanol–water partition coefficient (Wildman–Crippen LogP) is 3.06. The van der Waals surface area contributed by atoms with E-state index in [1.54, 1.807) is 0 Å². The molecule has 1 saturated heterocycles. The molecule has 1 amide bonds. The van der Waals surface area contributed by atoms with Gasteiger partial charge in [0.2, 0.25) is 5.91 Å². The molecule has 1 heterocycles. The fourth-order valence-electron chi connectivity index (χ4n) is 3.31. The summed E-state index contributed by atoms with van der Waals surface area (Å²) in [6.07, 6.45) is 4.43. The van der Waals surface area contributed by atoms with Crippen molar-refractivity contribution >= 4 is 5.91 Å². The number of ether oxygens (including phenoxy) is 1. The minimum atomic E-state index is 0.0453. The first-order chi connectivity index (χ1) is 11.1. The van der Waals surface area contributed by atoms with Gasteiger partial charge in [0.25, 0.3) is 0 Å². The van der Waals surface area contributed by atoms with Gasteiger partial charge >= 0.3 is 0 Å². The Morgan fingerprint density at radius 3 is 2.74 bits per heavy atom. The number of carbonyl (C=O) groups excluding carboxylic acids is 1. The van der Waals surface area contributed by atoms with E-state index in [4.69, 9.17) is 4.74 Å². The van der Waals surface area contributed by atoms with Crippen molar-refractivity contribution < 1.29 is 9.53 Å². The van der Waals surface area contributed by atoms with Crippen LogP contribution >= 0.6 is 0 Å². The molecule has 1 aromatic carbocycles. The molecule has 1 aromatic rings. The molecule has 0 spiro atoms. The summed E-state index contributed by atoms with van der Waals surface area (Å²) in [7, 11) is 0. The van der Waals surface area contributed by atoms with Gasteiger partial charge in [-0.25, -0.2) is 0 Å². The van der Waals surface area contributed by atoms with Crippen molar-refractivity contribution in [2.45, 2.75) is 52.5 Å². The van der Waals surface area contributed by atoms with Crippen LogP contribution in [-0.2, 0) is 4.79 Å². The number of rotatable bonds is 7. The van der Waals surface area contributed by atoms with Crippen LogP contribution in [-0.4, -0.2) is 43.1 Å². The maximum Gasteiger partial charge on any atom is 0.237 e. The maximum atomic E-state index is 12.4. The first-order valence-corrected chi connectivity index (χ1v) is 8.84. The van der Waals surface area contributed by atoms with E-state index in [0.29, 0.717) is 13.2 Å². The van der Waals surface area contributed by atoms with Gasteiger partial charge in [-0.3, -0.25) is 9.69 Å². The number of aryl methyl sites for hydroxylation is 2. The largest absolute Gasteiger partial charge is 0.491 e. The molecule has 0 bridgehead atoms. The Bertz CT molecular complexity index is 494. The molecule has 128 valence electrons. The van der Waals surface area contributed by atoms with Crippen LogP contribution in [0.3, 0.4) is 0 Å². The molecule has 0 aromatic heterocycles. The first-order valence-electron chi connectivity index (χ1n) is 8.84. The second-order valence-corrected chi connectivity index (χ2v) is 6.41. The highest BCUT2D eigenvalue weighted by molar-refractivity contribution is 5.81. The zero-order valence-electron chi connectivity index (χ0n) is 14.7. The summed E-state index contributed by atoms with van der Waals surface area (Å²) in [5.41, 5.74) is 2.27. The molecule has 0 radical (unpaired) electrons. The summed E-state index contributed by atoms with van der Waals surface area (Å²) in [6.45, 7) is 9.39. The first kappa shape index (κ1) is 17.8. The van der Waals surface area contributed by atoms with Crippen LogP contribution in [0.25, 0.3) is 0 Å². The van der Waals surface area contributed by atoms with Gasteiger partial charge in [0.1, 0.15) is 12.4 Å². The number of likely N-dealkylation sites (tertiary alicyclic amines) is 1. The molecule has 1 fully saturated rings. The van der Waals surface area contributed by atoms with E-state index in [2.05, 4.69) is 17.1 Å². The molecular weight excluding hydrogens is 288 g/mol. The van der Waals surface area contributed by atoms with E-state index in [-0.39, 0.29) is 11.9 Å². The number of nitrogens with zero attached hydrogens (tertiary/aromatic N) is 1. The highest BCUT2D eigenvalue weighted by Crippen LogP contribution is 2.22. The molecular formula is C19H30N2O2. The number of hydrogen-bond donors (Lipinski definition) is 1. The molecule has 1 aliphatic rings. The Morgan fingerprint density at radius 2 is 2.04 bits per heavy atom. The fourth-order valence-corrected chi connectivity index (χ4v) is 3.31. The SMILES string of the molecule is CCCN1CCCCC1C(=O)NCCOc1c(C)cccc1C. The van der Waals surface area contributed by atoms with E-state index < -0.39 is 0 Å². The second-order valence-electron chi connectivity index (χ2n) is 6.41. The van der Waals surface area contributed by atoms with Crippen molar-refractivity contribution in [2.75, 3.05) is 26.2 Å². The highest BCUT2D eigenvalue weighted by atomic mass is 16.5. The van der Waals surface area contributed by atoms with E-state index in [0.717, 1.165) is 49.2 Å². The lowest BCUT2D eigenvalue weighted by molar-refractivity contribution is -0.127. The van der Waals surface area contributed by atoms with Crippen molar-refractivity contribution in [3.8, 4) is 5.75 Å². The molecule has 1 aliphatic heterocycles. The summed E-state index contributed by atoms with van der Waals surface area (Å²) >= 11 is 0. The lowest BCUT2D eigenvalue weighted by Crippen LogP contribution is -2.50. The molecule has 1 unspecified atom stereocenters. The van der Waals surface area contributed by atoms with Crippen molar-refractivity contribution in [2.24, 2.45) is 0 Å². The molecule has 0 saturated carbocycles. The van der Waals surface area contributed by atoms with Gasteiger partial charge < -0.3 is 10.1 Å². The predicted molar refractivity (Wildman–Crippen MR) is 93.9 cm³/mol. The number of piperidine rings is 1. The Labute approximate surface area is 140 Å². The number of carbonyl (C=O) groups is 1. The van der Waals surface area contributed by atoms with Gasteiger partial charge in [0.05, 0.1) is 12.6 Å². The van der Waals surface area contributed by atoms with Crippen molar-refractivity contribution in [3.05, 3.63) is 29.3 Å². The van der Waals surface area contributed by atoms with Crippen molar-refractivity contribution in [3.63, 3.8) is 0 Å². The molecule has 0 aliphatic carbocycles. The van der Waals surface area contributed by atoms with Crippen LogP contribution in [0.15, 0.2) is 18.2 Å². The summed E-state index contributed by atoms with van der Waals surface area (Å²) in [5.74, 6) is 1.09. The molecule has 1 atom stereocenters. The van der Waals surface area contributed by atoms with Gasteiger partial charge in [-0.2, -0.15) is 0 Å². The van der Waals surface area contributed by atoms with Crippen LogP contribution in [0.4, 0.5) is 0 Å². The number of para-hydroxylation sites is 1. The van der Waals surface area contributed by atoms with Gasteiger partial charge in [0, 0.05) is 0 Å². The van der Waals surface area contributed by atoms with Crippen molar-refractivity contribution in [1.29, 1.82) is 0 Å². The number of amides is 1. The number of nitrogens with one attached hydrogen (secondary N) is 1. The van der Waals surface area contributed by atoms with Gasteiger partial charge in [0.15, 0.2) is 0 Å². The van der Waals surface area contributed by atoms with E-state index in [9.17, 15) is 4.79 Å². The van der Waals surface area contributed by atoms with Crippen LogP contribution < -0.4 is 10.1 Å². The fraction of sp³-hybridized carbons (Fsp3) is 0.632. The lowest BCUT2D eigenvalue weighted by atomic mass is 10.0. The average Bonchev–Trinajstić information content (AvgIpc) is 2.54. The topological polar surface area (TPSA) is 41.6 Å². The molecule has 4 nitrogen and oxygen atoms in total. The maximum absolute atomic E-state index is 12.4. The Morgan fingerprint density at radius 1 is 1.30 bits per heavy atom. The van der Waals surface area contributed by atoms with Crippen LogP contribution in [0.5, 0.6) is 5.75 Å². The molecule has 23 heavy (non-hydrogen) atoms. The Hall–Kier alpha value is -1.55. The number of hydrogen-bond acceptors (Lipinski definition) is 3. The standard InChI is InChI=1S/C19H30N2O2/c1-4-12-21-13-6-5-10-17(21)19(22)20-11-14-23-18-15(2)8-7-9-16(18)3/h7-9,17H,4-6,10-14H2,1-3H3,(H,20,22). The van der Waals surface area contributed by atoms with E-state index in [1.165, 1.54) is 6.42 Å². The van der Waals surface area contributed by atoms with Gasteiger partial charge in [-0.05, 0) is 57.3 Å². The highest BCUT2D eigenvalue weighted by Gasteiger charge is 2.27. The quantitative estimate of drug-likeness (QED) is 0.786. The minimum absolute atomic E-state index is 0.0453. The Balaban J connectivity index is 1.78. The van der Waals surface area contributed by atoms with Gasteiger partial charge in [-0.15, -0.1) is 0 Å². The van der Waals surface area contributed by atoms with Crippen LogP contribution in [0.2, 0.25) is 0 Å². The summed E-state index contributed by atoms with van der Waals surface area (Å²) in [5, 5.41) is 3.04. The summed E-state index contributed by atoms with van der Waals surface area (Å²) in [6, 6.07) is 6.17. The van der Waals surface area contributed by atoms with Crippen LogP contribution in [0.1, 0.15) is 43.7 Å². The monoisotopic (exact) mass is 318 g/mol. The molecule has 4 heteroatoms. The Kier molecular flexibility index (Phi) is 6.90. The third-order valence-corrected chi connectivity index (χ3v) is 4.48. The van der Waals surface area contributed by atoms with E-state index in [1.807, 2.05) is 32.0 Å². The minimum Gasteiger partial charge on any atom is -0.491 e. The lowest BCUT2D eigenvalue weighted by Gasteiger charge is -2.34. The van der Waals surface area contributed by atoms with E-state index >= 15 is 0 Å². The normalized spacial score (nSPS) is 18.7. The summed E-state index contributed by atoms with van der Waals surface area (Å²) in [4.78, 5) is 14.7. The average molecular weight is 318 g/mol. The number of benzene rings is 1. The smallest absolute Gasteiger partial charge is 0.237 e. The van der Waals surface area contributed by atoms with Gasteiger partial charge in [-0.1, -0.05) is 31.5 Å². The third kappa shape index (κ3) is 4.96. The van der Waals surface area contributed by atoms with Crippen molar-refractivity contribution in [1.82, 2.24) is 10.2 Å². The second kappa shape index (κ2) is 8.92.